The van der Waals surface area contributed by atoms with E-state index in [-0.39, 0.29) is 0 Å². The van der Waals surface area contributed by atoms with Crippen LogP contribution in [0.1, 0.15) is 52.9 Å². The van der Waals surface area contributed by atoms with Gasteiger partial charge in [0.25, 0.3) is 0 Å². The minimum atomic E-state index is 0.702. The summed E-state index contributed by atoms with van der Waals surface area (Å²) in [6.45, 7) is 7.02. The molecule has 3 atom stereocenters. The Labute approximate surface area is 102 Å². The van der Waals surface area contributed by atoms with Crippen LogP contribution in [-0.2, 0) is 0 Å². The van der Waals surface area contributed by atoms with Crippen LogP contribution < -0.4 is 5.32 Å². The van der Waals surface area contributed by atoms with Crippen molar-refractivity contribution in [2.45, 2.75) is 71.0 Å². The molecule has 1 aliphatic carbocycles. The number of rotatable bonds is 5. The maximum atomic E-state index is 3.50. The molecule has 0 aromatic rings. The molecule has 3 unspecified atom stereocenters. The van der Waals surface area contributed by atoms with Crippen molar-refractivity contribution < 1.29 is 0 Å². The zero-order valence-electron chi connectivity index (χ0n) is 11.8. The summed E-state index contributed by atoms with van der Waals surface area (Å²) < 4.78 is 0. The lowest BCUT2D eigenvalue weighted by molar-refractivity contribution is 0.106. The fourth-order valence-electron chi connectivity index (χ4n) is 3.11. The summed E-state index contributed by atoms with van der Waals surface area (Å²) in [5, 5.41) is 3.50. The highest BCUT2D eigenvalue weighted by Crippen LogP contribution is 2.25. The van der Waals surface area contributed by atoms with Gasteiger partial charge in [-0.05, 0) is 46.2 Å². The normalized spacial score (nSPS) is 28.7. The van der Waals surface area contributed by atoms with Gasteiger partial charge in [0.2, 0.25) is 0 Å². The van der Waals surface area contributed by atoms with Crippen molar-refractivity contribution >= 4 is 0 Å². The first kappa shape index (κ1) is 14.0. The molecule has 96 valence electrons. The molecule has 16 heavy (non-hydrogen) atoms. The molecule has 0 aromatic heterocycles. The van der Waals surface area contributed by atoms with Gasteiger partial charge in [-0.15, -0.1) is 0 Å². The molecule has 0 saturated heterocycles. The number of nitrogens with zero attached hydrogens (tertiary/aromatic N) is 1. The van der Waals surface area contributed by atoms with Crippen LogP contribution in [0.4, 0.5) is 0 Å². The molecule has 0 amide bonds. The van der Waals surface area contributed by atoms with Gasteiger partial charge in [0.1, 0.15) is 0 Å². The molecule has 0 bridgehead atoms. The van der Waals surface area contributed by atoms with E-state index >= 15 is 0 Å². The fourth-order valence-corrected chi connectivity index (χ4v) is 3.11. The Bertz CT molecular complexity index is 191. The van der Waals surface area contributed by atoms with Crippen LogP contribution in [0.5, 0.6) is 0 Å². The van der Waals surface area contributed by atoms with Crippen LogP contribution in [0.2, 0.25) is 0 Å². The van der Waals surface area contributed by atoms with Gasteiger partial charge in [-0.1, -0.05) is 26.7 Å². The lowest BCUT2D eigenvalue weighted by Gasteiger charge is -2.41. The van der Waals surface area contributed by atoms with Crippen molar-refractivity contribution in [1.29, 1.82) is 0 Å². The van der Waals surface area contributed by atoms with Crippen LogP contribution >= 0.6 is 0 Å². The summed E-state index contributed by atoms with van der Waals surface area (Å²) in [6.07, 6.45) is 6.82. The highest BCUT2D eigenvalue weighted by atomic mass is 15.2. The van der Waals surface area contributed by atoms with Crippen LogP contribution in [0, 0.1) is 5.92 Å². The van der Waals surface area contributed by atoms with Gasteiger partial charge in [0, 0.05) is 18.1 Å². The van der Waals surface area contributed by atoms with Gasteiger partial charge < -0.3 is 5.32 Å². The van der Waals surface area contributed by atoms with Gasteiger partial charge in [0.15, 0.2) is 0 Å². The maximum Gasteiger partial charge on any atom is 0.0248 e. The quantitative estimate of drug-likeness (QED) is 0.775. The average Bonchev–Trinajstić information content (AvgIpc) is 2.27. The third-order valence-electron chi connectivity index (χ3n) is 4.13. The number of nitrogens with one attached hydrogen (secondary N) is 1. The van der Waals surface area contributed by atoms with Gasteiger partial charge in [-0.2, -0.15) is 0 Å². The Morgan fingerprint density at radius 2 is 1.81 bits per heavy atom. The summed E-state index contributed by atoms with van der Waals surface area (Å²) >= 11 is 0. The average molecular weight is 226 g/mol. The topological polar surface area (TPSA) is 15.3 Å². The number of hydrogen-bond acceptors (Lipinski definition) is 2. The zero-order valence-corrected chi connectivity index (χ0v) is 11.8. The van der Waals surface area contributed by atoms with Crippen molar-refractivity contribution in [3.63, 3.8) is 0 Å². The van der Waals surface area contributed by atoms with Crippen molar-refractivity contribution in [2.75, 3.05) is 14.1 Å². The van der Waals surface area contributed by atoms with Crippen molar-refractivity contribution in [1.82, 2.24) is 10.2 Å². The Balaban J connectivity index is 2.52. The van der Waals surface area contributed by atoms with Gasteiger partial charge in [0.05, 0.1) is 0 Å². The number of likely N-dealkylation sites (N-methyl/N-ethyl adjacent to an activating group) is 2. The molecule has 1 N–H and O–H groups in total. The van der Waals surface area contributed by atoms with E-state index < -0.39 is 0 Å². The third-order valence-corrected chi connectivity index (χ3v) is 4.13. The molecule has 1 rings (SSSR count). The van der Waals surface area contributed by atoms with Crippen LogP contribution in [0.3, 0.4) is 0 Å². The van der Waals surface area contributed by atoms with E-state index in [0.29, 0.717) is 12.1 Å². The highest BCUT2D eigenvalue weighted by Gasteiger charge is 2.29. The van der Waals surface area contributed by atoms with Crippen LogP contribution in [0.15, 0.2) is 0 Å². The van der Waals surface area contributed by atoms with Crippen LogP contribution in [-0.4, -0.2) is 37.1 Å². The van der Waals surface area contributed by atoms with Gasteiger partial charge >= 0.3 is 0 Å². The predicted octanol–water partition coefficient (Wildman–Crippen LogP) is 2.88. The van der Waals surface area contributed by atoms with E-state index in [1.807, 2.05) is 0 Å². The molecule has 0 aromatic carbocycles. The second-order valence-corrected chi connectivity index (χ2v) is 5.89. The van der Waals surface area contributed by atoms with Gasteiger partial charge in [-0.25, -0.2) is 0 Å². The summed E-state index contributed by atoms with van der Waals surface area (Å²) in [5.41, 5.74) is 0. The lowest BCUT2D eigenvalue weighted by Crippen LogP contribution is -2.52. The van der Waals surface area contributed by atoms with E-state index in [1.165, 1.54) is 32.1 Å². The van der Waals surface area contributed by atoms with Crippen molar-refractivity contribution in [3.05, 3.63) is 0 Å². The Hall–Kier alpha value is -0.0800. The summed E-state index contributed by atoms with van der Waals surface area (Å²) in [4.78, 5) is 2.61. The molecule has 0 aliphatic heterocycles. The standard InChI is InChI=1S/C14H30N2/c1-11(2)10-12(3)16(5)14-9-7-6-8-13(14)15-4/h11-15H,6-10H2,1-5H3. The smallest absolute Gasteiger partial charge is 0.0248 e. The minimum absolute atomic E-state index is 0.702. The first-order valence-corrected chi connectivity index (χ1v) is 6.95. The largest absolute Gasteiger partial charge is 0.315 e. The molecule has 0 radical (unpaired) electrons. The molecule has 2 nitrogen and oxygen atoms in total. The monoisotopic (exact) mass is 226 g/mol. The Morgan fingerprint density at radius 1 is 1.19 bits per heavy atom. The second kappa shape index (κ2) is 6.61. The Morgan fingerprint density at radius 3 is 2.38 bits per heavy atom. The molecule has 0 heterocycles. The van der Waals surface area contributed by atoms with E-state index in [1.54, 1.807) is 0 Å². The molecule has 1 aliphatic rings. The highest BCUT2D eigenvalue weighted by molar-refractivity contribution is 4.88. The van der Waals surface area contributed by atoms with E-state index in [4.69, 9.17) is 0 Å². The third kappa shape index (κ3) is 3.74. The lowest BCUT2D eigenvalue weighted by atomic mass is 9.88. The second-order valence-electron chi connectivity index (χ2n) is 5.89. The van der Waals surface area contributed by atoms with Crippen LogP contribution in [0.25, 0.3) is 0 Å². The molecule has 0 spiro atoms. The molecular formula is C14H30N2. The minimum Gasteiger partial charge on any atom is -0.315 e. The first-order valence-electron chi connectivity index (χ1n) is 6.95. The SMILES string of the molecule is CNC1CCCCC1N(C)C(C)CC(C)C. The molecule has 1 fully saturated rings. The maximum absolute atomic E-state index is 3.50. The predicted molar refractivity (Wildman–Crippen MR) is 71.8 cm³/mol. The molecular weight excluding hydrogens is 196 g/mol. The van der Waals surface area contributed by atoms with Crippen molar-refractivity contribution in [3.8, 4) is 0 Å². The summed E-state index contributed by atoms with van der Waals surface area (Å²) in [5.74, 6) is 0.800. The van der Waals surface area contributed by atoms with E-state index in [0.717, 1.165) is 12.0 Å². The summed E-state index contributed by atoms with van der Waals surface area (Å²) in [7, 11) is 4.43. The van der Waals surface area contributed by atoms with Crippen molar-refractivity contribution in [2.24, 2.45) is 5.92 Å². The van der Waals surface area contributed by atoms with Gasteiger partial charge in [-0.3, -0.25) is 4.90 Å². The molecule has 1 saturated carbocycles. The number of hydrogen-bond donors (Lipinski definition) is 1. The van der Waals surface area contributed by atoms with E-state index in [2.05, 4.69) is 45.1 Å². The fraction of sp³-hybridized carbons (Fsp3) is 1.00. The van der Waals surface area contributed by atoms with E-state index in [9.17, 15) is 0 Å². The first-order chi connectivity index (χ1) is 7.56. The molecule has 2 heteroatoms. The Kier molecular flexibility index (Phi) is 5.77. The summed E-state index contributed by atoms with van der Waals surface area (Å²) in [6, 6.07) is 2.15. The zero-order chi connectivity index (χ0) is 12.1.